The van der Waals surface area contributed by atoms with Crippen LogP contribution in [-0.2, 0) is 0 Å². The van der Waals surface area contributed by atoms with E-state index in [4.69, 9.17) is 9.47 Å². The molecule has 6 nitrogen and oxygen atoms in total. The lowest BCUT2D eigenvalue weighted by molar-refractivity contribution is 0.395. The number of nitrogens with zero attached hydrogens (tertiary/aromatic N) is 2. The number of nitrogens with one attached hydrogen (secondary N) is 2. The van der Waals surface area contributed by atoms with Gasteiger partial charge in [0.05, 0.1) is 19.9 Å². The first kappa shape index (κ1) is 17.3. The lowest BCUT2D eigenvalue weighted by Crippen LogP contribution is -2.23. The molecule has 0 saturated heterocycles. The molecule has 0 unspecified atom stereocenters. The highest BCUT2D eigenvalue weighted by Crippen LogP contribution is 2.31. The van der Waals surface area contributed by atoms with Crippen molar-refractivity contribution in [1.82, 2.24) is 9.97 Å². The van der Waals surface area contributed by atoms with Gasteiger partial charge in [-0.25, -0.2) is 9.97 Å². The van der Waals surface area contributed by atoms with Gasteiger partial charge in [-0.05, 0) is 31.9 Å². The number of rotatable bonds is 6. The molecule has 0 aliphatic heterocycles. The Bertz CT molecular complexity index is 715. The summed E-state index contributed by atoms with van der Waals surface area (Å²) < 4.78 is 10.7. The van der Waals surface area contributed by atoms with Crippen LogP contribution in [0, 0.1) is 6.92 Å². The van der Waals surface area contributed by atoms with Crippen LogP contribution in [0.3, 0.4) is 0 Å². The predicted octanol–water partition coefficient (Wildman–Crippen LogP) is 4.29. The molecule has 1 saturated carbocycles. The Morgan fingerprint density at radius 1 is 0.960 bits per heavy atom. The number of hydrogen-bond donors (Lipinski definition) is 2. The fourth-order valence-electron chi connectivity index (χ4n) is 3.20. The molecule has 3 rings (SSSR count). The number of methoxy groups -OCH3 is 2. The number of anilines is 3. The predicted molar refractivity (Wildman–Crippen MR) is 100 cm³/mol. The molecular weight excluding hydrogens is 316 g/mol. The normalized spacial score (nSPS) is 14.8. The van der Waals surface area contributed by atoms with Crippen LogP contribution in [0.25, 0.3) is 0 Å². The number of ether oxygens (including phenoxy) is 2. The molecule has 1 aromatic heterocycles. The van der Waals surface area contributed by atoms with Crippen LogP contribution in [0.5, 0.6) is 11.5 Å². The molecule has 2 N–H and O–H groups in total. The van der Waals surface area contributed by atoms with Gasteiger partial charge in [0.2, 0.25) is 0 Å². The van der Waals surface area contributed by atoms with Gasteiger partial charge in [0.1, 0.15) is 29.0 Å². The molecule has 6 heteroatoms. The third kappa shape index (κ3) is 4.53. The van der Waals surface area contributed by atoms with Crippen LogP contribution in [0.2, 0.25) is 0 Å². The molecule has 0 amide bonds. The second-order valence-corrected chi connectivity index (χ2v) is 6.36. The summed E-state index contributed by atoms with van der Waals surface area (Å²) in [6, 6.07) is 8.11. The monoisotopic (exact) mass is 342 g/mol. The summed E-state index contributed by atoms with van der Waals surface area (Å²) in [6.07, 6.45) is 6.33. The topological polar surface area (TPSA) is 68.3 Å². The maximum Gasteiger partial charge on any atom is 0.146 e. The van der Waals surface area contributed by atoms with E-state index in [2.05, 4.69) is 20.6 Å². The molecule has 0 spiro atoms. The summed E-state index contributed by atoms with van der Waals surface area (Å²) in [5.41, 5.74) is 0.838. The highest BCUT2D eigenvalue weighted by atomic mass is 16.5. The SMILES string of the molecule is COc1ccc(Nc2cc(NC3CCCCC3)nc(C)n2)c(OC)c1. The van der Waals surface area contributed by atoms with Crippen molar-refractivity contribution in [2.45, 2.75) is 45.1 Å². The van der Waals surface area contributed by atoms with E-state index in [1.807, 2.05) is 31.2 Å². The van der Waals surface area contributed by atoms with Crippen LogP contribution < -0.4 is 20.1 Å². The summed E-state index contributed by atoms with van der Waals surface area (Å²) in [6.45, 7) is 1.91. The summed E-state index contributed by atoms with van der Waals surface area (Å²) in [7, 11) is 3.28. The van der Waals surface area contributed by atoms with E-state index in [1.165, 1.54) is 32.1 Å². The van der Waals surface area contributed by atoms with Crippen molar-refractivity contribution in [2.75, 3.05) is 24.9 Å². The van der Waals surface area contributed by atoms with E-state index in [0.717, 1.165) is 28.9 Å². The largest absolute Gasteiger partial charge is 0.497 e. The van der Waals surface area contributed by atoms with Crippen LogP contribution in [-0.4, -0.2) is 30.2 Å². The van der Waals surface area contributed by atoms with Crippen molar-refractivity contribution in [1.29, 1.82) is 0 Å². The summed E-state index contributed by atoms with van der Waals surface area (Å²) in [4.78, 5) is 9.02. The minimum Gasteiger partial charge on any atom is -0.497 e. The van der Waals surface area contributed by atoms with Crippen molar-refractivity contribution in [3.8, 4) is 11.5 Å². The fourth-order valence-corrected chi connectivity index (χ4v) is 3.20. The Balaban J connectivity index is 1.78. The van der Waals surface area contributed by atoms with Crippen molar-refractivity contribution in [2.24, 2.45) is 0 Å². The van der Waals surface area contributed by atoms with Gasteiger partial charge in [-0.1, -0.05) is 19.3 Å². The average molecular weight is 342 g/mol. The Labute approximate surface area is 149 Å². The number of benzene rings is 1. The minimum absolute atomic E-state index is 0.506. The van der Waals surface area contributed by atoms with Gasteiger partial charge < -0.3 is 20.1 Å². The first-order valence-corrected chi connectivity index (χ1v) is 8.79. The van der Waals surface area contributed by atoms with Gasteiger partial charge in [0.25, 0.3) is 0 Å². The lowest BCUT2D eigenvalue weighted by Gasteiger charge is -2.23. The molecule has 1 aliphatic carbocycles. The maximum absolute atomic E-state index is 5.44. The lowest BCUT2D eigenvalue weighted by atomic mass is 9.95. The van der Waals surface area contributed by atoms with Gasteiger partial charge in [0, 0.05) is 18.2 Å². The summed E-state index contributed by atoms with van der Waals surface area (Å²) in [5, 5.41) is 6.87. The zero-order valence-electron chi connectivity index (χ0n) is 15.1. The summed E-state index contributed by atoms with van der Waals surface area (Å²) in [5.74, 6) is 3.80. The van der Waals surface area contributed by atoms with Crippen LogP contribution in [0.4, 0.5) is 17.3 Å². The Hall–Kier alpha value is -2.50. The molecule has 25 heavy (non-hydrogen) atoms. The zero-order valence-corrected chi connectivity index (χ0v) is 15.1. The fraction of sp³-hybridized carbons (Fsp3) is 0.474. The molecule has 1 aromatic carbocycles. The van der Waals surface area contributed by atoms with Gasteiger partial charge in [-0.15, -0.1) is 0 Å². The minimum atomic E-state index is 0.506. The smallest absolute Gasteiger partial charge is 0.146 e. The molecule has 1 fully saturated rings. The standard InChI is InChI=1S/C19H26N4O2/c1-13-20-18(22-14-7-5-4-6-8-14)12-19(21-13)23-16-10-9-15(24-2)11-17(16)25-3/h9-12,14H,4-8H2,1-3H3,(H2,20,21,22,23). The molecule has 0 atom stereocenters. The molecule has 0 bridgehead atoms. The zero-order chi connectivity index (χ0) is 17.6. The first-order valence-electron chi connectivity index (χ1n) is 8.79. The molecule has 1 heterocycles. The molecular formula is C19H26N4O2. The van der Waals surface area contributed by atoms with E-state index in [1.54, 1.807) is 14.2 Å². The number of aryl methyl sites for hydroxylation is 1. The number of aromatic nitrogens is 2. The van der Waals surface area contributed by atoms with Crippen LogP contribution in [0.1, 0.15) is 37.9 Å². The quantitative estimate of drug-likeness (QED) is 0.816. The highest BCUT2D eigenvalue weighted by Gasteiger charge is 2.14. The second-order valence-electron chi connectivity index (χ2n) is 6.36. The molecule has 2 aromatic rings. The van der Waals surface area contributed by atoms with E-state index in [0.29, 0.717) is 11.8 Å². The van der Waals surface area contributed by atoms with E-state index in [9.17, 15) is 0 Å². The van der Waals surface area contributed by atoms with Crippen LogP contribution in [0.15, 0.2) is 24.3 Å². The van der Waals surface area contributed by atoms with Crippen molar-refractivity contribution in [3.63, 3.8) is 0 Å². The maximum atomic E-state index is 5.44. The summed E-state index contributed by atoms with van der Waals surface area (Å²) >= 11 is 0. The number of hydrogen-bond acceptors (Lipinski definition) is 6. The van der Waals surface area contributed by atoms with Crippen LogP contribution >= 0.6 is 0 Å². The molecule has 134 valence electrons. The highest BCUT2D eigenvalue weighted by molar-refractivity contribution is 5.67. The van der Waals surface area contributed by atoms with Crippen molar-refractivity contribution < 1.29 is 9.47 Å². The van der Waals surface area contributed by atoms with Gasteiger partial charge >= 0.3 is 0 Å². The third-order valence-electron chi connectivity index (χ3n) is 4.47. The second kappa shape index (κ2) is 8.05. The molecule has 0 radical (unpaired) electrons. The van der Waals surface area contributed by atoms with E-state index in [-0.39, 0.29) is 0 Å². The van der Waals surface area contributed by atoms with Gasteiger partial charge in [-0.2, -0.15) is 0 Å². The van der Waals surface area contributed by atoms with Crippen molar-refractivity contribution >= 4 is 17.3 Å². The van der Waals surface area contributed by atoms with E-state index >= 15 is 0 Å². The Morgan fingerprint density at radius 2 is 1.72 bits per heavy atom. The third-order valence-corrected chi connectivity index (χ3v) is 4.47. The van der Waals surface area contributed by atoms with Crippen molar-refractivity contribution in [3.05, 3.63) is 30.1 Å². The van der Waals surface area contributed by atoms with E-state index < -0.39 is 0 Å². The first-order chi connectivity index (χ1) is 12.2. The molecule has 1 aliphatic rings. The Morgan fingerprint density at radius 3 is 2.44 bits per heavy atom. The van der Waals surface area contributed by atoms with Gasteiger partial charge in [0.15, 0.2) is 0 Å². The van der Waals surface area contributed by atoms with Gasteiger partial charge in [-0.3, -0.25) is 0 Å². The average Bonchev–Trinajstić information content (AvgIpc) is 2.62. The Kier molecular flexibility index (Phi) is 5.58.